The summed E-state index contributed by atoms with van der Waals surface area (Å²) in [4.78, 5) is 2.46. The molecule has 1 heterocycles. The van der Waals surface area contributed by atoms with Crippen molar-refractivity contribution in [1.29, 1.82) is 0 Å². The molecular weight excluding hydrogens is 262 g/mol. The van der Waals surface area contributed by atoms with Gasteiger partial charge in [-0.1, -0.05) is 48.0 Å². The molecule has 0 atom stereocenters. The van der Waals surface area contributed by atoms with E-state index in [1.165, 1.54) is 17.1 Å². The van der Waals surface area contributed by atoms with Gasteiger partial charge in [0.15, 0.2) is 0 Å². The largest absolute Gasteiger partial charge is 0.295 e. The SMILES string of the molecule is C[C](C)CN1CC(=Cc2ccc(Br)cc2)C1. The number of hydrogen-bond acceptors (Lipinski definition) is 1. The summed E-state index contributed by atoms with van der Waals surface area (Å²) < 4.78 is 1.14. The van der Waals surface area contributed by atoms with Crippen LogP contribution < -0.4 is 0 Å². The van der Waals surface area contributed by atoms with Gasteiger partial charge in [-0.15, -0.1) is 0 Å². The summed E-state index contributed by atoms with van der Waals surface area (Å²) in [5.41, 5.74) is 2.83. The minimum atomic E-state index is 1.13. The van der Waals surface area contributed by atoms with E-state index in [9.17, 15) is 0 Å². The highest BCUT2D eigenvalue weighted by Gasteiger charge is 2.20. The molecule has 0 amide bonds. The van der Waals surface area contributed by atoms with Crippen LogP contribution in [0.1, 0.15) is 19.4 Å². The van der Waals surface area contributed by atoms with Crippen LogP contribution in [0.25, 0.3) is 6.08 Å². The Labute approximate surface area is 106 Å². The van der Waals surface area contributed by atoms with Crippen LogP contribution in [-0.4, -0.2) is 24.5 Å². The normalized spacial score (nSPS) is 16.4. The van der Waals surface area contributed by atoms with Crippen molar-refractivity contribution in [2.24, 2.45) is 0 Å². The zero-order valence-corrected chi connectivity index (χ0v) is 11.4. The Bertz CT molecular complexity index is 370. The minimum Gasteiger partial charge on any atom is -0.295 e. The van der Waals surface area contributed by atoms with Crippen molar-refractivity contribution in [3.8, 4) is 0 Å². The lowest BCUT2D eigenvalue weighted by atomic mass is 10.0. The van der Waals surface area contributed by atoms with Crippen LogP contribution in [0.15, 0.2) is 34.3 Å². The van der Waals surface area contributed by atoms with Crippen LogP contribution in [0.4, 0.5) is 0 Å². The summed E-state index contributed by atoms with van der Waals surface area (Å²) in [7, 11) is 0. The number of rotatable bonds is 3. The first kappa shape index (κ1) is 11.9. The Morgan fingerprint density at radius 3 is 2.44 bits per heavy atom. The van der Waals surface area contributed by atoms with Crippen LogP contribution in [0.3, 0.4) is 0 Å². The van der Waals surface area contributed by atoms with Gasteiger partial charge >= 0.3 is 0 Å². The number of halogens is 1. The van der Waals surface area contributed by atoms with Gasteiger partial charge in [-0.3, -0.25) is 4.90 Å². The van der Waals surface area contributed by atoms with Gasteiger partial charge in [-0.05, 0) is 29.2 Å². The summed E-state index contributed by atoms with van der Waals surface area (Å²) in [5.74, 6) is 1.49. The van der Waals surface area contributed by atoms with Gasteiger partial charge in [-0.25, -0.2) is 0 Å². The number of nitrogens with zero attached hydrogens (tertiary/aromatic N) is 1. The maximum atomic E-state index is 3.45. The van der Waals surface area contributed by atoms with Crippen LogP contribution in [0.2, 0.25) is 0 Å². The summed E-state index contributed by atoms with van der Waals surface area (Å²) in [6, 6.07) is 8.48. The standard InChI is InChI=1S/C14H17BrN/c1-11(2)8-16-9-13(10-16)7-12-3-5-14(15)6-4-12/h3-7H,8-10H2,1-2H3. The fourth-order valence-corrected chi connectivity index (χ4v) is 2.24. The highest BCUT2D eigenvalue weighted by Crippen LogP contribution is 2.20. The van der Waals surface area contributed by atoms with Crippen molar-refractivity contribution in [1.82, 2.24) is 4.90 Å². The van der Waals surface area contributed by atoms with Gasteiger partial charge in [0.1, 0.15) is 0 Å². The Balaban J connectivity index is 1.89. The van der Waals surface area contributed by atoms with Crippen LogP contribution >= 0.6 is 15.9 Å². The van der Waals surface area contributed by atoms with E-state index >= 15 is 0 Å². The fraction of sp³-hybridized carbons (Fsp3) is 0.357. The smallest absolute Gasteiger partial charge is 0.0212 e. The Morgan fingerprint density at radius 1 is 1.25 bits per heavy atom. The molecule has 0 N–H and O–H groups in total. The molecule has 16 heavy (non-hydrogen) atoms. The average Bonchev–Trinajstić information content (AvgIpc) is 2.17. The number of likely N-dealkylation sites (tertiary alicyclic amines) is 1. The van der Waals surface area contributed by atoms with Crippen molar-refractivity contribution in [2.75, 3.05) is 19.6 Å². The van der Waals surface area contributed by atoms with Crippen molar-refractivity contribution in [2.45, 2.75) is 13.8 Å². The molecule has 1 aliphatic rings. The molecule has 0 saturated carbocycles. The van der Waals surface area contributed by atoms with Gasteiger partial charge < -0.3 is 0 Å². The first-order chi connectivity index (χ1) is 7.63. The molecule has 85 valence electrons. The third-order valence-corrected chi connectivity index (χ3v) is 3.16. The molecule has 0 aliphatic carbocycles. The van der Waals surface area contributed by atoms with Gasteiger partial charge in [0, 0.05) is 24.1 Å². The van der Waals surface area contributed by atoms with Gasteiger partial charge in [0.2, 0.25) is 0 Å². The highest BCUT2D eigenvalue weighted by molar-refractivity contribution is 9.10. The van der Waals surface area contributed by atoms with Crippen molar-refractivity contribution >= 4 is 22.0 Å². The topological polar surface area (TPSA) is 3.24 Å². The van der Waals surface area contributed by atoms with Crippen LogP contribution in [0.5, 0.6) is 0 Å². The van der Waals surface area contributed by atoms with Crippen molar-refractivity contribution in [3.05, 3.63) is 45.8 Å². The third kappa shape index (κ3) is 3.19. The maximum Gasteiger partial charge on any atom is 0.0212 e. The predicted molar refractivity (Wildman–Crippen MR) is 73.2 cm³/mol. The lowest BCUT2D eigenvalue weighted by Gasteiger charge is -2.35. The van der Waals surface area contributed by atoms with E-state index < -0.39 is 0 Å². The molecule has 2 rings (SSSR count). The van der Waals surface area contributed by atoms with E-state index in [0.717, 1.165) is 24.1 Å². The van der Waals surface area contributed by atoms with Crippen molar-refractivity contribution in [3.63, 3.8) is 0 Å². The molecule has 0 bridgehead atoms. The molecule has 1 aromatic rings. The fourth-order valence-electron chi connectivity index (χ4n) is 1.97. The minimum absolute atomic E-state index is 1.13. The third-order valence-electron chi connectivity index (χ3n) is 2.63. The quantitative estimate of drug-likeness (QED) is 0.814. The predicted octanol–water partition coefficient (Wildman–Crippen LogP) is 3.76. The number of hydrogen-bond donors (Lipinski definition) is 0. The summed E-state index contributed by atoms with van der Waals surface area (Å²) in [5, 5.41) is 0. The summed E-state index contributed by atoms with van der Waals surface area (Å²) >= 11 is 3.45. The summed E-state index contributed by atoms with van der Waals surface area (Å²) in [6.07, 6.45) is 2.30. The molecule has 1 saturated heterocycles. The highest BCUT2D eigenvalue weighted by atomic mass is 79.9. The molecule has 1 nitrogen and oxygen atoms in total. The molecule has 0 unspecified atom stereocenters. The summed E-state index contributed by atoms with van der Waals surface area (Å²) in [6.45, 7) is 7.77. The van der Waals surface area contributed by atoms with Crippen LogP contribution in [-0.2, 0) is 0 Å². The Hall–Kier alpha value is -0.600. The second-order valence-electron chi connectivity index (χ2n) is 4.71. The van der Waals surface area contributed by atoms with E-state index in [4.69, 9.17) is 0 Å². The molecule has 1 aliphatic heterocycles. The maximum absolute atomic E-state index is 3.45. The zero-order chi connectivity index (χ0) is 11.5. The lowest BCUT2D eigenvalue weighted by Crippen LogP contribution is -2.41. The first-order valence-electron chi connectivity index (χ1n) is 5.60. The van der Waals surface area contributed by atoms with Gasteiger partial charge in [0.05, 0.1) is 0 Å². The van der Waals surface area contributed by atoms with E-state index in [0.29, 0.717) is 0 Å². The monoisotopic (exact) mass is 278 g/mol. The van der Waals surface area contributed by atoms with E-state index in [-0.39, 0.29) is 0 Å². The molecule has 1 radical (unpaired) electrons. The lowest BCUT2D eigenvalue weighted by molar-refractivity contribution is 0.262. The molecular formula is C14H17BrN. The van der Waals surface area contributed by atoms with E-state index in [1.54, 1.807) is 0 Å². The first-order valence-corrected chi connectivity index (χ1v) is 6.39. The molecule has 0 spiro atoms. The zero-order valence-electron chi connectivity index (χ0n) is 9.83. The van der Waals surface area contributed by atoms with Crippen molar-refractivity contribution < 1.29 is 0 Å². The molecule has 0 aromatic heterocycles. The van der Waals surface area contributed by atoms with E-state index in [2.05, 4.69) is 65.0 Å². The second-order valence-corrected chi connectivity index (χ2v) is 5.62. The molecule has 1 aromatic carbocycles. The van der Waals surface area contributed by atoms with Gasteiger partial charge in [-0.2, -0.15) is 0 Å². The van der Waals surface area contributed by atoms with Gasteiger partial charge in [0.25, 0.3) is 0 Å². The Kier molecular flexibility index (Phi) is 3.82. The Morgan fingerprint density at radius 2 is 1.88 bits per heavy atom. The number of benzene rings is 1. The average molecular weight is 279 g/mol. The molecule has 1 fully saturated rings. The second kappa shape index (κ2) is 5.15. The molecule has 2 heteroatoms. The van der Waals surface area contributed by atoms with Crippen LogP contribution in [0, 0.1) is 5.92 Å². The van der Waals surface area contributed by atoms with E-state index in [1.807, 2.05) is 0 Å².